The van der Waals surface area contributed by atoms with Crippen molar-refractivity contribution in [2.24, 2.45) is 0 Å². The number of nitrogens with zero attached hydrogens (tertiary/aromatic N) is 3. The van der Waals surface area contributed by atoms with Crippen LogP contribution in [-0.4, -0.2) is 27.0 Å². The Kier molecular flexibility index (Phi) is 5.44. The summed E-state index contributed by atoms with van der Waals surface area (Å²) in [6.45, 7) is 9.45. The van der Waals surface area contributed by atoms with Crippen molar-refractivity contribution >= 4 is 23.2 Å². The van der Waals surface area contributed by atoms with Gasteiger partial charge in [-0.1, -0.05) is 46.2 Å². The Morgan fingerprint density at radius 1 is 1.15 bits per heavy atom. The summed E-state index contributed by atoms with van der Waals surface area (Å²) in [6, 6.07) is 11.3. The second-order valence-electron chi connectivity index (χ2n) is 7.69. The Hall–Kier alpha value is -2.89. The molecule has 0 aliphatic heterocycles. The van der Waals surface area contributed by atoms with Crippen molar-refractivity contribution in [1.82, 2.24) is 14.6 Å². The van der Waals surface area contributed by atoms with E-state index in [1.807, 2.05) is 36.4 Å². The molecule has 2 aromatic heterocycles. The topological polar surface area (TPSA) is 71.3 Å². The van der Waals surface area contributed by atoms with Crippen molar-refractivity contribution < 1.29 is 4.79 Å². The predicted molar refractivity (Wildman–Crippen MR) is 109 cm³/mol. The molecular formula is C21H27N5O. The zero-order chi connectivity index (χ0) is 19.4. The number of nitrogens with one attached hydrogen (secondary N) is 2. The summed E-state index contributed by atoms with van der Waals surface area (Å²) in [5.41, 5.74) is 2.55. The quantitative estimate of drug-likeness (QED) is 0.631. The molecule has 0 radical (unpaired) electrons. The molecule has 142 valence electrons. The first kappa shape index (κ1) is 18.9. The highest BCUT2D eigenvalue weighted by atomic mass is 16.1. The number of carbonyl (C=O) groups is 1. The lowest BCUT2D eigenvalue weighted by atomic mass is 9.87. The fourth-order valence-corrected chi connectivity index (χ4v) is 2.81. The van der Waals surface area contributed by atoms with E-state index in [0.29, 0.717) is 17.0 Å². The number of anilines is 2. The van der Waals surface area contributed by atoms with Crippen LogP contribution in [0.2, 0.25) is 0 Å². The lowest BCUT2D eigenvalue weighted by Gasteiger charge is -2.19. The smallest absolute Gasteiger partial charge is 0.256 e. The molecule has 6 nitrogen and oxygen atoms in total. The molecular weight excluding hydrogens is 338 g/mol. The van der Waals surface area contributed by atoms with Gasteiger partial charge in [0.2, 0.25) is 0 Å². The van der Waals surface area contributed by atoms with Gasteiger partial charge in [-0.3, -0.25) is 4.79 Å². The third kappa shape index (κ3) is 4.45. The molecule has 0 saturated heterocycles. The first-order valence-corrected chi connectivity index (χ1v) is 9.39. The summed E-state index contributed by atoms with van der Waals surface area (Å²) in [6.07, 6.45) is 3.87. The molecule has 1 amide bonds. The summed E-state index contributed by atoms with van der Waals surface area (Å²) >= 11 is 0. The molecule has 0 unspecified atom stereocenters. The summed E-state index contributed by atoms with van der Waals surface area (Å²) in [7, 11) is 0. The van der Waals surface area contributed by atoms with Crippen LogP contribution in [0.15, 0.2) is 42.6 Å². The van der Waals surface area contributed by atoms with E-state index < -0.39 is 0 Å². The van der Waals surface area contributed by atoms with Gasteiger partial charge in [0.1, 0.15) is 11.6 Å². The molecule has 27 heavy (non-hydrogen) atoms. The number of carbonyl (C=O) groups excluding carboxylic acids is 1. The molecule has 0 aliphatic rings. The molecule has 0 spiro atoms. The molecule has 0 bridgehead atoms. The van der Waals surface area contributed by atoms with Gasteiger partial charge in [-0.15, -0.1) is 0 Å². The van der Waals surface area contributed by atoms with E-state index in [2.05, 4.69) is 48.4 Å². The highest BCUT2D eigenvalue weighted by Crippen LogP contribution is 2.23. The molecule has 2 N–H and O–H groups in total. The van der Waals surface area contributed by atoms with Gasteiger partial charge in [-0.2, -0.15) is 9.61 Å². The van der Waals surface area contributed by atoms with Gasteiger partial charge in [0.15, 0.2) is 5.65 Å². The molecule has 1 aromatic carbocycles. The Morgan fingerprint density at radius 2 is 1.89 bits per heavy atom. The lowest BCUT2D eigenvalue weighted by Crippen LogP contribution is -2.16. The van der Waals surface area contributed by atoms with Crippen LogP contribution in [0, 0.1) is 0 Å². The third-order valence-corrected chi connectivity index (χ3v) is 4.45. The zero-order valence-corrected chi connectivity index (χ0v) is 16.4. The monoisotopic (exact) mass is 365 g/mol. The van der Waals surface area contributed by atoms with Gasteiger partial charge in [-0.25, -0.2) is 4.98 Å². The average molecular weight is 365 g/mol. The lowest BCUT2D eigenvalue weighted by molar-refractivity contribution is 0.102. The Labute approximate surface area is 160 Å². The zero-order valence-electron chi connectivity index (χ0n) is 16.4. The summed E-state index contributed by atoms with van der Waals surface area (Å²) in [4.78, 5) is 17.1. The average Bonchev–Trinajstić information content (AvgIpc) is 3.10. The second-order valence-corrected chi connectivity index (χ2v) is 7.69. The van der Waals surface area contributed by atoms with Gasteiger partial charge in [0.25, 0.3) is 5.91 Å². The van der Waals surface area contributed by atoms with Gasteiger partial charge in [-0.05, 0) is 29.5 Å². The first-order chi connectivity index (χ1) is 12.9. The number of rotatable bonds is 6. The molecule has 3 aromatic rings. The van der Waals surface area contributed by atoms with Crippen molar-refractivity contribution in [3.05, 3.63) is 53.7 Å². The predicted octanol–water partition coefficient (Wildman–Crippen LogP) is 4.49. The van der Waals surface area contributed by atoms with E-state index in [1.165, 1.54) is 5.56 Å². The van der Waals surface area contributed by atoms with Crippen molar-refractivity contribution in [3.8, 4) is 0 Å². The van der Waals surface area contributed by atoms with E-state index in [0.717, 1.165) is 25.2 Å². The van der Waals surface area contributed by atoms with Gasteiger partial charge >= 0.3 is 0 Å². The van der Waals surface area contributed by atoms with E-state index in [-0.39, 0.29) is 11.3 Å². The number of unbranched alkanes of at least 4 members (excludes halogenated alkanes) is 1. The Morgan fingerprint density at radius 3 is 2.56 bits per heavy atom. The minimum absolute atomic E-state index is 0.0582. The molecule has 0 saturated carbocycles. The van der Waals surface area contributed by atoms with E-state index >= 15 is 0 Å². The van der Waals surface area contributed by atoms with Gasteiger partial charge in [0, 0.05) is 24.2 Å². The van der Waals surface area contributed by atoms with Crippen LogP contribution in [0.3, 0.4) is 0 Å². The number of fused-ring (bicyclic) bond motifs is 1. The highest BCUT2D eigenvalue weighted by Gasteiger charge is 2.15. The third-order valence-electron chi connectivity index (χ3n) is 4.45. The Bertz CT molecular complexity index is 922. The molecule has 0 fully saturated rings. The van der Waals surface area contributed by atoms with E-state index in [1.54, 1.807) is 10.7 Å². The molecule has 0 aliphatic carbocycles. The second kappa shape index (κ2) is 7.78. The largest absolute Gasteiger partial charge is 0.370 e. The van der Waals surface area contributed by atoms with Crippen LogP contribution >= 0.6 is 0 Å². The summed E-state index contributed by atoms with van der Waals surface area (Å²) in [5.74, 6) is 1.15. The molecule has 0 atom stereocenters. The number of hydrogen-bond acceptors (Lipinski definition) is 4. The number of hydrogen-bond donors (Lipinski definition) is 2. The van der Waals surface area contributed by atoms with Crippen LogP contribution < -0.4 is 10.6 Å². The van der Waals surface area contributed by atoms with Crippen molar-refractivity contribution in [1.29, 1.82) is 0 Å². The summed E-state index contributed by atoms with van der Waals surface area (Å²) < 4.78 is 1.74. The maximum atomic E-state index is 12.6. The van der Waals surface area contributed by atoms with Crippen molar-refractivity contribution in [3.63, 3.8) is 0 Å². The number of aromatic nitrogens is 3. The highest BCUT2D eigenvalue weighted by molar-refractivity contribution is 6.04. The molecule has 6 heteroatoms. The van der Waals surface area contributed by atoms with Gasteiger partial charge < -0.3 is 10.6 Å². The van der Waals surface area contributed by atoms with Crippen LogP contribution in [0.4, 0.5) is 11.6 Å². The van der Waals surface area contributed by atoms with Crippen LogP contribution in [0.1, 0.15) is 56.5 Å². The fraction of sp³-hybridized carbons (Fsp3) is 0.381. The van der Waals surface area contributed by atoms with Crippen LogP contribution in [0.25, 0.3) is 5.65 Å². The summed E-state index contributed by atoms with van der Waals surface area (Å²) in [5, 5.41) is 10.5. The molecule has 3 rings (SSSR count). The Balaban J connectivity index is 1.80. The van der Waals surface area contributed by atoms with Crippen LogP contribution in [0.5, 0.6) is 0 Å². The van der Waals surface area contributed by atoms with Crippen molar-refractivity contribution in [2.75, 3.05) is 17.2 Å². The first-order valence-electron chi connectivity index (χ1n) is 9.39. The maximum Gasteiger partial charge on any atom is 0.256 e. The maximum absolute atomic E-state index is 12.6. The molecule has 2 heterocycles. The standard InChI is InChI=1S/C21H27N5O/c1-5-6-12-22-19-14-17(24-18-11-13-23-26(18)19)25-20(27)15-7-9-16(10-8-15)21(2,3)4/h7-11,13-14,22H,5-6,12H2,1-4H3,(H,24,25,27). The SMILES string of the molecule is CCCCNc1cc(NC(=O)c2ccc(C(C)(C)C)cc2)nc2ccnn12. The van der Waals surface area contributed by atoms with Crippen LogP contribution in [-0.2, 0) is 5.41 Å². The van der Waals surface area contributed by atoms with E-state index in [9.17, 15) is 4.79 Å². The normalized spacial score (nSPS) is 11.6. The minimum Gasteiger partial charge on any atom is -0.370 e. The van der Waals surface area contributed by atoms with Gasteiger partial charge in [0.05, 0.1) is 6.20 Å². The van der Waals surface area contributed by atoms with E-state index in [4.69, 9.17) is 0 Å². The number of benzene rings is 1. The van der Waals surface area contributed by atoms with Crippen molar-refractivity contribution in [2.45, 2.75) is 46.0 Å². The number of amides is 1. The minimum atomic E-state index is -0.175. The fourth-order valence-electron chi connectivity index (χ4n) is 2.81.